The van der Waals surface area contributed by atoms with Crippen molar-refractivity contribution in [2.75, 3.05) is 5.32 Å². The van der Waals surface area contributed by atoms with Crippen molar-refractivity contribution in [3.05, 3.63) is 95.8 Å². The summed E-state index contributed by atoms with van der Waals surface area (Å²) in [6.07, 6.45) is 6.22. The summed E-state index contributed by atoms with van der Waals surface area (Å²) >= 11 is 0. The van der Waals surface area contributed by atoms with Gasteiger partial charge in [0.25, 0.3) is 10.0 Å². The summed E-state index contributed by atoms with van der Waals surface area (Å²) in [5.41, 5.74) is 2.11. The van der Waals surface area contributed by atoms with E-state index >= 15 is 0 Å². The molecule has 0 bridgehead atoms. The van der Waals surface area contributed by atoms with Crippen molar-refractivity contribution in [3.63, 3.8) is 0 Å². The van der Waals surface area contributed by atoms with Gasteiger partial charge in [-0.2, -0.15) is 0 Å². The van der Waals surface area contributed by atoms with Crippen LogP contribution in [0.15, 0.2) is 84.0 Å². The number of rotatable bonds is 6. The van der Waals surface area contributed by atoms with E-state index in [1.165, 1.54) is 24.3 Å². The van der Waals surface area contributed by atoms with Gasteiger partial charge in [-0.1, -0.05) is 35.9 Å². The number of carbonyl (C=O) groups excluding carboxylic acids is 2. The minimum absolute atomic E-state index is 0.0344. The van der Waals surface area contributed by atoms with Gasteiger partial charge in [-0.3, -0.25) is 9.78 Å². The highest BCUT2D eigenvalue weighted by atomic mass is 32.2. The van der Waals surface area contributed by atoms with E-state index in [0.717, 1.165) is 11.1 Å². The Kier molecular flexibility index (Phi) is 6.38. The minimum atomic E-state index is -4.04. The van der Waals surface area contributed by atoms with E-state index in [9.17, 15) is 18.0 Å². The molecule has 2 aromatic carbocycles. The van der Waals surface area contributed by atoms with E-state index in [2.05, 4.69) is 10.3 Å². The van der Waals surface area contributed by atoms with Gasteiger partial charge in [-0.05, 0) is 55.0 Å². The quantitative estimate of drug-likeness (QED) is 0.465. The number of hydrogen-bond donors (Lipinski definition) is 2. The molecule has 0 aliphatic carbocycles. The summed E-state index contributed by atoms with van der Waals surface area (Å²) in [6.45, 7) is 1.83. The monoisotopic (exact) mass is 421 g/mol. The lowest BCUT2D eigenvalue weighted by Crippen LogP contribution is -2.34. The van der Waals surface area contributed by atoms with Crippen LogP contribution in [0.5, 0.6) is 0 Å². The number of carbonyl (C=O) groups is 2. The predicted molar refractivity (Wildman–Crippen MR) is 115 cm³/mol. The van der Waals surface area contributed by atoms with Gasteiger partial charge >= 0.3 is 6.03 Å². The maximum atomic E-state index is 12.6. The number of sulfonamides is 1. The molecule has 7 nitrogen and oxygen atoms in total. The average molecular weight is 421 g/mol. The second-order valence-electron chi connectivity index (χ2n) is 6.40. The number of amides is 2. The summed E-state index contributed by atoms with van der Waals surface area (Å²) in [5.74, 6) is -0.343. The molecule has 0 spiro atoms. The van der Waals surface area contributed by atoms with E-state index < -0.39 is 16.1 Å². The van der Waals surface area contributed by atoms with Crippen molar-refractivity contribution < 1.29 is 18.0 Å². The fourth-order valence-electron chi connectivity index (χ4n) is 2.59. The number of allylic oxidation sites excluding steroid dienone is 1. The molecular weight excluding hydrogens is 402 g/mol. The lowest BCUT2D eigenvalue weighted by Gasteiger charge is -2.11. The molecular formula is C22H19N3O4S. The number of anilines is 1. The molecule has 0 unspecified atom stereocenters. The van der Waals surface area contributed by atoms with Gasteiger partial charge in [0.05, 0.1) is 10.6 Å². The van der Waals surface area contributed by atoms with Crippen LogP contribution in [0.3, 0.4) is 0 Å². The molecule has 2 N–H and O–H groups in total. The highest BCUT2D eigenvalue weighted by Gasteiger charge is 2.19. The molecule has 0 aliphatic rings. The van der Waals surface area contributed by atoms with Crippen LogP contribution < -0.4 is 10.0 Å². The highest BCUT2D eigenvalue weighted by molar-refractivity contribution is 7.90. The summed E-state index contributed by atoms with van der Waals surface area (Å²) in [7, 11) is -4.04. The smallest absolute Gasteiger partial charge is 0.306 e. The summed E-state index contributed by atoms with van der Waals surface area (Å²) < 4.78 is 26.7. The lowest BCUT2D eigenvalue weighted by molar-refractivity contribution is 0.104. The Morgan fingerprint density at radius 3 is 2.30 bits per heavy atom. The van der Waals surface area contributed by atoms with Crippen molar-refractivity contribution in [1.82, 2.24) is 9.71 Å². The largest absolute Gasteiger partial charge is 0.333 e. The number of hydrogen-bond acceptors (Lipinski definition) is 5. The zero-order valence-corrected chi connectivity index (χ0v) is 16.9. The van der Waals surface area contributed by atoms with E-state index in [-0.39, 0.29) is 21.9 Å². The fourth-order valence-corrected chi connectivity index (χ4v) is 3.50. The van der Waals surface area contributed by atoms with Crippen LogP contribution in [0, 0.1) is 6.92 Å². The summed E-state index contributed by atoms with van der Waals surface area (Å²) in [6, 6.07) is 15.0. The normalized spacial score (nSPS) is 11.2. The van der Waals surface area contributed by atoms with Crippen molar-refractivity contribution in [3.8, 4) is 0 Å². The Morgan fingerprint density at radius 1 is 0.933 bits per heavy atom. The molecule has 0 aliphatic heterocycles. The van der Waals surface area contributed by atoms with Crippen LogP contribution in [-0.2, 0) is 10.0 Å². The number of urea groups is 1. The number of nitrogens with one attached hydrogen (secondary N) is 2. The number of pyridine rings is 1. The Labute approximate surface area is 174 Å². The van der Waals surface area contributed by atoms with E-state index in [1.807, 2.05) is 11.6 Å². The molecule has 2 amide bonds. The van der Waals surface area contributed by atoms with Crippen molar-refractivity contribution in [2.45, 2.75) is 11.8 Å². The first kappa shape index (κ1) is 20.9. The second-order valence-corrected chi connectivity index (χ2v) is 8.08. The maximum absolute atomic E-state index is 12.6. The molecule has 1 aromatic heterocycles. The number of aromatic nitrogens is 1. The van der Waals surface area contributed by atoms with Gasteiger partial charge in [-0.15, -0.1) is 0 Å². The van der Waals surface area contributed by atoms with E-state index in [0.29, 0.717) is 0 Å². The topological polar surface area (TPSA) is 105 Å². The molecule has 0 saturated heterocycles. The Hall–Kier alpha value is -3.78. The Bertz CT molecular complexity index is 1190. The third-order valence-electron chi connectivity index (χ3n) is 4.13. The van der Waals surface area contributed by atoms with E-state index in [4.69, 9.17) is 0 Å². The van der Waals surface area contributed by atoms with Gasteiger partial charge in [0.15, 0.2) is 5.78 Å². The lowest BCUT2D eigenvalue weighted by atomic mass is 10.1. The fraction of sp³-hybridized carbons (Fsp3) is 0.0455. The molecule has 1 heterocycles. The molecule has 0 fully saturated rings. The van der Waals surface area contributed by atoms with Crippen molar-refractivity contribution in [1.29, 1.82) is 0 Å². The summed E-state index contributed by atoms with van der Waals surface area (Å²) in [5, 5.41) is 2.43. The van der Waals surface area contributed by atoms with Crippen LogP contribution in [0.25, 0.3) is 6.08 Å². The number of ketones is 1. The zero-order chi connectivity index (χ0) is 21.6. The van der Waals surface area contributed by atoms with Gasteiger partial charge in [0.1, 0.15) is 0 Å². The Morgan fingerprint density at radius 2 is 1.60 bits per heavy atom. The van der Waals surface area contributed by atoms with Gasteiger partial charge < -0.3 is 5.32 Å². The predicted octanol–water partition coefficient (Wildman–Crippen LogP) is 3.80. The minimum Gasteiger partial charge on any atom is -0.306 e. The van der Waals surface area contributed by atoms with Crippen LogP contribution in [-0.4, -0.2) is 25.2 Å². The van der Waals surface area contributed by atoms with Gasteiger partial charge in [0, 0.05) is 18.0 Å². The first-order chi connectivity index (χ1) is 14.3. The van der Waals surface area contributed by atoms with Gasteiger partial charge in [-0.25, -0.2) is 17.9 Å². The first-order valence-electron chi connectivity index (χ1n) is 8.97. The van der Waals surface area contributed by atoms with Crippen LogP contribution in [0.4, 0.5) is 10.5 Å². The number of benzene rings is 2. The standard InChI is InChI=1S/C22H19N3O4S/c1-16-6-9-18(10-7-16)30(28,29)25-22(27)24-20-5-3-2-4-19(20)21(26)11-8-17-12-14-23-15-13-17/h2-15H,1H3,(H2,24,25,27)/b11-8+. The average Bonchev–Trinajstić information content (AvgIpc) is 2.73. The molecule has 3 aromatic rings. The highest BCUT2D eigenvalue weighted by Crippen LogP contribution is 2.17. The molecule has 152 valence electrons. The molecule has 30 heavy (non-hydrogen) atoms. The van der Waals surface area contributed by atoms with Crippen LogP contribution >= 0.6 is 0 Å². The van der Waals surface area contributed by atoms with Gasteiger partial charge in [0.2, 0.25) is 0 Å². The second kappa shape index (κ2) is 9.15. The van der Waals surface area contributed by atoms with Crippen molar-refractivity contribution in [2.24, 2.45) is 0 Å². The molecule has 0 atom stereocenters. The summed E-state index contributed by atoms with van der Waals surface area (Å²) in [4.78, 5) is 28.7. The third-order valence-corrected chi connectivity index (χ3v) is 5.48. The first-order valence-corrected chi connectivity index (χ1v) is 10.5. The Balaban J connectivity index is 1.74. The molecule has 3 rings (SSSR count). The molecule has 8 heteroatoms. The SMILES string of the molecule is Cc1ccc(S(=O)(=O)NC(=O)Nc2ccccc2C(=O)/C=C/c2ccncc2)cc1. The number of nitrogens with zero attached hydrogens (tertiary/aromatic N) is 1. The van der Waals surface area contributed by atoms with Crippen molar-refractivity contribution >= 4 is 33.6 Å². The molecule has 0 radical (unpaired) electrons. The zero-order valence-electron chi connectivity index (χ0n) is 16.1. The van der Waals surface area contributed by atoms with Crippen LogP contribution in [0.1, 0.15) is 21.5 Å². The maximum Gasteiger partial charge on any atom is 0.333 e. The number of aryl methyl sites for hydroxylation is 1. The third kappa shape index (κ3) is 5.39. The number of para-hydroxylation sites is 1. The van der Waals surface area contributed by atoms with E-state index in [1.54, 1.807) is 60.9 Å². The van der Waals surface area contributed by atoms with Crippen LogP contribution in [0.2, 0.25) is 0 Å². The molecule has 0 saturated carbocycles.